The van der Waals surface area contributed by atoms with Crippen LogP contribution in [0.15, 0.2) is 18.2 Å². The van der Waals surface area contributed by atoms with Crippen LogP contribution in [0.3, 0.4) is 0 Å². The standard InChI is InChI=1S/C9H8ClF3O/c1-14-5-6-4-7(10)2-3-8(6)9(11,12)13/h2-4H,5H2,1H3. The monoisotopic (exact) mass is 224 g/mol. The van der Waals surface area contributed by atoms with Gasteiger partial charge in [-0.05, 0) is 23.8 Å². The molecule has 1 aromatic rings. The van der Waals surface area contributed by atoms with E-state index < -0.39 is 11.7 Å². The van der Waals surface area contributed by atoms with Crippen LogP contribution in [0, 0.1) is 0 Å². The Hall–Kier alpha value is -0.740. The van der Waals surface area contributed by atoms with Gasteiger partial charge in [0.05, 0.1) is 12.2 Å². The molecule has 0 aromatic heterocycles. The molecule has 0 N–H and O–H groups in total. The first-order valence-corrected chi connectivity index (χ1v) is 4.17. The predicted molar refractivity (Wildman–Crippen MR) is 47.2 cm³/mol. The zero-order valence-electron chi connectivity index (χ0n) is 7.36. The molecule has 0 aliphatic carbocycles. The minimum absolute atomic E-state index is 0.0486. The number of alkyl halides is 3. The van der Waals surface area contributed by atoms with Crippen LogP contribution < -0.4 is 0 Å². The third kappa shape index (κ3) is 2.62. The smallest absolute Gasteiger partial charge is 0.380 e. The normalized spacial score (nSPS) is 11.8. The molecule has 0 fully saturated rings. The number of rotatable bonds is 2. The first-order chi connectivity index (χ1) is 6.45. The van der Waals surface area contributed by atoms with Gasteiger partial charge in [-0.2, -0.15) is 13.2 Å². The summed E-state index contributed by atoms with van der Waals surface area (Å²) in [6.07, 6.45) is -4.36. The number of methoxy groups -OCH3 is 1. The highest BCUT2D eigenvalue weighted by Gasteiger charge is 2.33. The average molecular weight is 225 g/mol. The number of hydrogen-bond donors (Lipinski definition) is 0. The van der Waals surface area contributed by atoms with Crippen LogP contribution in [0.2, 0.25) is 5.02 Å². The van der Waals surface area contributed by atoms with Gasteiger partial charge in [-0.1, -0.05) is 11.6 Å². The van der Waals surface area contributed by atoms with Gasteiger partial charge >= 0.3 is 6.18 Å². The maximum absolute atomic E-state index is 12.4. The lowest BCUT2D eigenvalue weighted by Crippen LogP contribution is -2.09. The van der Waals surface area contributed by atoms with Crippen molar-refractivity contribution >= 4 is 11.6 Å². The van der Waals surface area contributed by atoms with Gasteiger partial charge in [0.1, 0.15) is 0 Å². The third-order valence-corrected chi connectivity index (χ3v) is 1.91. The Bertz CT molecular complexity index is 322. The molecular weight excluding hydrogens is 217 g/mol. The number of ether oxygens (including phenoxy) is 1. The van der Waals surface area contributed by atoms with E-state index in [9.17, 15) is 13.2 Å². The van der Waals surface area contributed by atoms with Gasteiger partial charge < -0.3 is 4.74 Å². The Labute approximate surface area is 84.4 Å². The molecule has 0 spiro atoms. The molecule has 0 radical (unpaired) electrons. The number of benzene rings is 1. The lowest BCUT2D eigenvalue weighted by molar-refractivity contribution is -0.138. The molecule has 0 heterocycles. The van der Waals surface area contributed by atoms with Gasteiger partial charge in [-0.25, -0.2) is 0 Å². The van der Waals surface area contributed by atoms with Gasteiger partial charge in [0.25, 0.3) is 0 Å². The largest absolute Gasteiger partial charge is 0.416 e. The van der Waals surface area contributed by atoms with E-state index in [1.807, 2.05) is 0 Å². The van der Waals surface area contributed by atoms with Crippen molar-refractivity contribution in [2.24, 2.45) is 0 Å². The van der Waals surface area contributed by atoms with Crippen molar-refractivity contribution in [2.45, 2.75) is 12.8 Å². The van der Waals surface area contributed by atoms with Crippen molar-refractivity contribution in [2.75, 3.05) is 7.11 Å². The summed E-state index contributed by atoms with van der Waals surface area (Å²) in [5.74, 6) is 0. The Kier molecular flexibility index (Phi) is 3.39. The highest BCUT2D eigenvalue weighted by atomic mass is 35.5. The summed E-state index contributed by atoms with van der Waals surface area (Å²) in [6, 6.07) is 3.42. The zero-order valence-corrected chi connectivity index (χ0v) is 8.12. The molecule has 0 amide bonds. The molecular formula is C9H8ClF3O. The van der Waals surface area contributed by atoms with E-state index in [1.165, 1.54) is 19.2 Å². The van der Waals surface area contributed by atoms with Gasteiger partial charge in [0, 0.05) is 12.1 Å². The minimum atomic E-state index is -4.36. The fourth-order valence-electron chi connectivity index (χ4n) is 1.11. The van der Waals surface area contributed by atoms with Crippen molar-refractivity contribution in [3.05, 3.63) is 34.3 Å². The molecule has 14 heavy (non-hydrogen) atoms. The average Bonchev–Trinajstić information content (AvgIpc) is 2.02. The second-order valence-electron chi connectivity index (χ2n) is 2.73. The molecule has 0 bridgehead atoms. The molecule has 0 saturated heterocycles. The Morgan fingerprint density at radius 2 is 2.00 bits per heavy atom. The van der Waals surface area contributed by atoms with E-state index in [1.54, 1.807) is 0 Å². The highest BCUT2D eigenvalue weighted by Crippen LogP contribution is 2.33. The van der Waals surface area contributed by atoms with Crippen molar-refractivity contribution in [1.82, 2.24) is 0 Å². The molecule has 0 aliphatic rings. The molecule has 1 aromatic carbocycles. The van der Waals surface area contributed by atoms with Crippen molar-refractivity contribution in [3.63, 3.8) is 0 Å². The molecule has 0 atom stereocenters. The Balaban J connectivity index is 3.15. The second kappa shape index (κ2) is 4.19. The first-order valence-electron chi connectivity index (χ1n) is 3.79. The molecule has 5 heteroatoms. The molecule has 0 unspecified atom stereocenters. The van der Waals surface area contributed by atoms with Crippen LogP contribution in [0.1, 0.15) is 11.1 Å². The molecule has 1 rings (SSSR count). The lowest BCUT2D eigenvalue weighted by atomic mass is 10.1. The molecule has 1 nitrogen and oxygen atoms in total. The van der Waals surface area contributed by atoms with Crippen LogP contribution in [-0.4, -0.2) is 7.11 Å². The van der Waals surface area contributed by atoms with Gasteiger partial charge in [-0.15, -0.1) is 0 Å². The second-order valence-corrected chi connectivity index (χ2v) is 3.17. The van der Waals surface area contributed by atoms with E-state index in [0.717, 1.165) is 6.07 Å². The lowest BCUT2D eigenvalue weighted by Gasteiger charge is -2.12. The van der Waals surface area contributed by atoms with E-state index in [0.29, 0.717) is 0 Å². The quantitative estimate of drug-likeness (QED) is 0.747. The van der Waals surface area contributed by atoms with Gasteiger partial charge in [0.15, 0.2) is 0 Å². The van der Waals surface area contributed by atoms with Crippen LogP contribution >= 0.6 is 11.6 Å². The Morgan fingerprint density at radius 1 is 1.36 bits per heavy atom. The van der Waals surface area contributed by atoms with Gasteiger partial charge in [-0.3, -0.25) is 0 Å². The maximum Gasteiger partial charge on any atom is 0.416 e. The summed E-state index contributed by atoms with van der Waals surface area (Å²) in [5, 5.41) is 0.269. The summed E-state index contributed by atoms with van der Waals surface area (Å²) in [7, 11) is 1.33. The highest BCUT2D eigenvalue weighted by molar-refractivity contribution is 6.30. The Morgan fingerprint density at radius 3 is 2.50 bits per heavy atom. The summed E-state index contributed by atoms with van der Waals surface area (Å²) >= 11 is 5.58. The van der Waals surface area contributed by atoms with Crippen molar-refractivity contribution in [1.29, 1.82) is 0 Å². The fraction of sp³-hybridized carbons (Fsp3) is 0.333. The fourth-order valence-corrected chi connectivity index (χ4v) is 1.31. The van der Waals surface area contributed by atoms with Crippen molar-refractivity contribution in [3.8, 4) is 0 Å². The summed E-state index contributed by atoms with van der Waals surface area (Å²) in [6.45, 7) is -0.102. The predicted octanol–water partition coefficient (Wildman–Crippen LogP) is 3.51. The number of hydrogen-bond acceptors (Lipinski definition) is 1. The summed E-state index contributed by atoms with van der Waals surface area (Å²) in [4.78, 5) is 0. The van der Waals surface area contributed by atoms with E-state index >= 15 is 0 Å². The number of halogens is 4. The van der Waals surface area contributed by atoms with Crippen LogP contribution in [0.25, 0.3) is 0 Å². The van der Waals surface area contributed by atoms with E-state index in [-0.39, 0.29) is 17.2 Å². The first kappa shape index (κ1) is 11.3. The van der Waals surface area contributed by atoms with Crippen LogP contribution in [0.4, 0.5) is 13.2 Å². The summed E-state index contributed by atoms with van der Waals surface area (Å²) < 4.78 is 41.9. The summed E-state index contributed by atoms with van der Waals surface area (Å²) in [5.41, 5.74) is -0.656. The third-order valence-electron chi connectivity index (χ3n) is 1.67. The van der Waals surface area contributed by atoms with Crippen LogP contribution in [0.5, 0.6) is 0 Å². The SMILES string of the molecule is COCc1cc(Cl)ccc1C(F)(F)F. The molecule has 78 valence electrons. The van der Waals surface area contributed by atoms with Crippen LogP contribution in [-0.2, 0) is 17.5 Å². The minimum Gasteiger partial charge on any atom is -0.380 e. The van der Waals surface area contributed by atoms with Gasteiger partial charge in [0.2, 0.25) is 0 Å². The zero-order chi connectivity index (χ0) is 10.8. The maximum atomic E-state index is 12.4. The topological polar surface area (TPSA) is 9.23 Å². The molecule has 0 saturated carbocycles. The van der Waals surface area contributed by atoms with Crippen molar-refractivity contribution < 1.29 is 17.9 Å². The van der Waals surface area contributed by atoms with E-state index in [2.05, 4.69) is 4.74 Å². The van der Waals surface area contributed by atoms with E-state index in [4.69, 9.17) is 11.6 Å². The molecule has 0 aliphatic heterocycles.